The van der Waals surface area contributed by atoms with Crippen molar-refractivity contribution in [2.75, 3.05) is 30.7 Å². The molecule has 1 unspecified atom stereocenters. The van der Waals surface area contributed by atoms with Gasteiger partial charge in [-0.1, -0.05) is 18.7 Å². The summed E-state index contributed by atoms with van der Waals surface area (Å²) < 4.78 is 4.96. The predicted molar refractivity (Wildman–Crippen MR) is 177 cm³/mol. The van der Waals surface area contributed by atoms with Crippen LogP contribution in [0.15, 0.2) is 36.4 Å². The molecule has 8 N–H and O–H groups in total. The maximum atomic E-state index is 13.3. The molecule has 16 heteroatoms. The number of urea groups is 1. The van der Waals surface area contributed by atoms with Crippen molar-refractivity contribution in [3.8, 4) is 0 Å². The maximum Gasteiger partial charge on any atom is 0.312 e. The molecule has 3 atom stereocenters. The number of primary amides is 1. The number of carbonyl (C=O) groups is 7. The van der Waals surface area contributed by atoms with E-state index < -0.39 is 47.1 Å². The van der Waals surface area contributed by atoms with Gasteiger partial charge in [-0.15, -0.1) is 11.8 Å². The summed E-state index contributed by atoms with van der Waals surface area (Å²) in [5.41, 5.74) is 12.1. The summed E-state index contributed by atoms with van der Waals surface area (Å²) in [4.78, 5) is 87.3. The Hall–Kier alpha value is -4.44. The average molecular weight is 676 g/mol. The van der Waals surface area contributed by atoms with Crippen LogP contribution in [0.2, 0.25) is 0 Å². The van der Waals surface area contributed by atoms with Crippen LogP contribution in [0.5, 0.6) is 0 Å². The van der Waals surface area contributed by atoms with Gasteiger partial charge in [0.25, 0.3) is 0 Å². The second-order valence-corrected chi connectivity index (χ2v) is 12.3. The highest BCUT2D eigenvalue weighted by Gasteiger charge is 2.38. The Kier molecular flexibility index (Phi) is 16.4. The monoisotopic (exact) mass is 675 g/mol. The van der Waals surface area contributed by atoms with Crippen LogP contribution < -0.4 is 32.7 Å². The van der Waals surface area contributed by atoms with Crippen molar-refractivity contribution in [3.63, 3.8) is 0 Å². The Morgan fingerprint density at radius 1 is 1.04 bits per heavy atom. The van der Waals surface area contributed by atoms with Crippen LogP contribution in [0.4, 0.5) is 10.5 Å². The van der Waals surface area contributed by atoms with Crippen LogP contribution in [0, 0.1) is 0 Å². The van der Waals surface area contributed by atoms with Gasteiger partial charge in [-0.3, -0.25) is 33.7 Å². The SMILES string of the molecule is C=C(C)[C@H](NC(=O)CCCCN1C(=O)CC(SCCN)C1=O)C(=O)N[C@@H](CCCNC(N)=O)C(=O)Nc1ccc(COC(C)=O)cc1. The van der Waals surface area contributed by atoms with E-state index in [0.29, 0.717) is 48.4 Å². The first-order chi connectivity index (χ1) is 22.3. The smallest absolute Gasteiger partial charge is 0.312 e. The van der Waals surface area contributed by atoms with E-state index in [0.717, 1.165) is 0 Å². The van der Waals surface area contributed by atoms with Gasteiger partial charge in [0.2, 0.25) is 29.5 Å². The molecule has 1 aromatic rings. The minimum absolute atomic E-state index is 0.0365. The molecular weight excluding hydrogens is 630 g/mol. The van der Waals surface area contributed by atoms with E-state index >= 15 is 0 Å². The molecule has 0 saturated carbocycles. The molecule has 2 rings (SSSR count). The topological polar surface area (TPSA) is 232 Å². The van der Waals surface area contributed by atoms with Crippen molar-refractivity contribution >= 4 is 59.0 Å². The van der Waals surface area contributed by atoms with Crippen LogP contribution in [0.25, 0.3) is 0 Å². The van der Waals surface area contributed by atoms with E-state index in [2.05, 4.69) is 27.8 Å². The third kappa shape index (κ3) is 13.8. The summed E-state index contributed by atoms with van der Waals surface area (Å²) in [5, 5.41) is 10.1. The molecule has 0 aromatic heterocycles. The van der Waals surface area contributed by atoms with Gasteiger partial charge >= 0.3 is 12.0 Å². The van der Waals surface area contributed by atoms with E-state index in [1.54, 1.807) is 31.2 Å². The average Bonchev–Trinajstić information content (AvgIpc) is 3.28. The summed E-state index contributed by atoms with van der Waals surface area (Å²) in [6.45, 7) is 7.54. The fourth-order valence-electron chi connectivity index (χ4n) is 4.57. The quantitative estimate of drug-likeness (QED) is 0.0489. The van der Waals surface area contributed by atoms with Gasteiger partial charge in [-0.05, 0) is 55.9 Å². The minimum Gasteiger partial charge on any atom is -0.461 e. The summed E-state index contributed by atoms with van der Waals surface area (Å²) in [7, 11) is 0. The first-order valence-electron chi connectivity index (χ1n) is 15.3. The number of esters is 1. The third-order valence-corrected chi connectivity index (χ3v) is 8.24. The van der Waals surface area contributed by atoms with Crippen LogP contribution in [-0.4, -0.2) is 89.2 Å². The lowest BCUT2D eigenvalue weighted by molar-refractivity contribution is -0.142. The number of benzene rings is 1. The lowest BCUT2D eigenvalue weighted by atomic mass is 10.1. The van der Waals surface area contributed by atoms with Crippen molar-refractivity contribution < 1.29 is 38.3 Å². The number of carbonyl (C=O) groups excluding carboxylic acids is 7. The van der Waals surface area contributed by atoms with Gasteiger partial charge in [0.15, 0.2) is 0 Å². The second-order valence-electron chi connectivity index (χ2n) is 11.0. The molecule has 47 heavy (non-hydrogen) atoms. The molecule has 0 spiro atoms. The first-order valence-corrected chi connectivity index (χ1v) is 16.3. The molecule has 0 radical (unpaired) electrons. The number of likely N-dealkylation sites (tertiary alicyclic amines) is 1. The van der Waals surface area contributed by atoms with E-state index in [-0.39, 0.29) is 50.8 Å². The number of imide groups is 1. The zero-order valence-corrected chi connectivity index (χ0v) is 27.6. The van der Waals surface area contributed by atoms with E-state index in [4.69, 9.17) is 16.2 Å². The highest BCUT2D eigenvalue weighted by molar-refractivity contribution is 8.00. The summed E-state index contributed by atoms with van der Waals surface area (Å²) in [6, 6.07) is 3.69. The van der Waals surface area contributed by atoms with Gasteiger partial charge in [0.05, 0.1) is 5.25 Å². The zero-order chi connectivity index (χ0) is 34.9. The van der Waals surface area contributed by atoms with Crippen LogP contribution in [-0.2, 0) is 40.1 Å². The molecule has 258 valence electrons. The van der Waals surface area contributed by atoms with Crippen molar-refractivity contribution in [3.05, 3.63) is 42.0 Å². The number of nitrogens with one attached hydrogen (secondary N) is 4. The summed E-state index contributed by atoms with van der Waals surface area (Å²) >= 11 is 1.36. The standard InChI is InChI=1S/C31H45N7O8S/c1-19(2)27(37-25(40)8-4-5-15-38-26(41)17-24(30(38)44)47-16-13-32)29(43)36-23(7-6-14-34-31(33)45)28(42)35-22-11-9-21(10-12-22)18-46-20(3)39/h9-12,23-24,27H,1,4-8,13-18,32H2,2-3H3,(H,35,42)(H,36,43)(H,37,40)(H3,33,34,45)/t23-,24?,27-/m0/s1. The summed E-state index contributed by atoms with van der Waals surface area (Å²) in [5.74, 6) is -1.95. The molecule has 1 aliphatic heterocycles. The molecule has 1 heterocycles. The Morgan fingerprint density at radius 3 is 2.36 bits per heavy atom. The normalized spacial score (nSPS) is 15.4. The minimum atomic E-state index is -1.14. The molecule has 1 aromatic carbocycles. The Balaban J connectivity index is 1.95. The second kappa shape index (κ2) is 19.9. The molecule has 1 saturated heterocycles. The number of thioether (sulfide) groups is 1. The van der Waals surface area contributed by atoms with Gasteiger partial charge in [0.1, 0.15) is 18.7 Å². The summed E-state index contributed by atoms with van der Waals surface area (Å²) in [6.07, 6.45) is 1.40. The Bertz CT molecular complexity index is 1310. The predicted octanol–water partition coefficient (Wildman–Crippen LogP) is 0.672. The molecule has 0 aliphatic carbocycles. The molecule has 1 fully saturated rings. The van der Waals surface area contributed by atoms with E-state index in [1.807, 2.05) is 0 Å². The molecule has 15 nitrogen and oxygen atoms in total. The number of ether oxygens (including phenoxy) is 1. The third-order valence-electron chi connectivity index (χ3n) is 7.00. The van der Waals surface area contributed by atoms with E-state index in [1.165, 1.54) is 23.6 Å². The lowest BCUT2D eigenvalue weighted by Crippen LogP contribution is -2.53. The highest BCUT2D eigenvalue weighted by Crippen LogP contribution is 2.25. The number of unbranched alkanes of at least 4 members (excludes halogenated alkanes) is 1. The fourth-order valence-corrected chi connectivity index (χ4v) is 5.52. The Morgan fingerprint density at radius 2 is 1.74 bits per heavy atom. The van der Waals surface area contributed by atoms with E-state index in [9.17, 15) is 33.6 Å². The fraction of sp³-hybridized carbons (Fsp3) is 0.516. The van der Waals surface area contributed by atoms with Crippen molar-refractivity contribution in [1.29, 1.82) is 0 Å². The highest BCUT2D eigenvalue weighted by atomic mass is 32.2. The number of hydrogen-bond donors (Lipinski definition) is 6. The van der Waals surface area contributed by atoms with Crippen LogP contribution in [0.1, 0.15) is 57.9 Å². The molecular formula is C31H45N7O8S. The molecule has 7 amide bonds. The number of nitrogens with two attached hydrogens (primary N) is 2. The van der Waals surface area contributed by atoms with Gasteiger partial charge in [0, 0.05) is 50.8 Å². The zero-order valence-electron chi connectivity index (χ0n) is 26.8. The Labute approximate surface area is 278 Å². The number of nitrogens with zero attached hydrogens (tertiary/aromatic N) is 1. The van der Waals surface area contributed by atoms with Gasteiger partial charge < -0.3 is 37.5 Å². The number of anilines is 1. The maximum absolute atomic E-state index is 13.3. The van der Waals surface area contributed by atoms with Gasteiger partial charge in [-0.2, -0.15) is 0 Å². The molecule has 0 bridgehead atoms. The first kappa shape index (κ1) is 38.7. The molecule has 1 aliphatic rings. The van der Waals surface area contributed by atoms with Crippen molar-refractivity contribution in [2.45, 2.75) is 76.3 Å². The van der Waals surface area contributed by atoms with Crippen LogP contribution in [0.3, 0.4) is 0 Å². The lowest BCUT2D eigenvalue weighted by Gasteiger charge is -2.23. The van der Waals surface area contributed by atoms with Crippen molar-refractivity contribution in [2.24, 2.45) is 11.5 Å². The number of amides is 7. The number of rotatable bonds is 20. The van der Waals surface area contributed by atoms with Crippen molar-refractivity contribution in [1.82, 2.24) is 20.9 Å². The van der Waals surface area contributed by atoms with Crippen LogP contribution >= 0.6 is 11.8 Å². The largest absolute Gasteiger partial charge is 0.461 e. The van der Waals surface area contributed by atoms with Gasteiger partial charge in [-0.25, -0.2) is 4.79 Å². The number of hydrogen-bond acceptors (Lipinski definition) is 10.